The Bertz CT molecular complexity index is 132. The lowest BCUT2D eigenvalue weighted by molar-refractivity contribution is 0.228. The van der Waals surface area contributed by atoms with Gasteiger partial charge in [0.2, 0.25) is 0 Å². The highest BCUT2D eigenvalue weighted by atomic mass is 15.2. The maximum atomic E-state index is 5.60. The summed E-state index contributed by atoms with van der Waals surface area (Å²) in [6.45, 7) is 7.79. The molecule has 1 atom stereocenters. The van der Waals surface area contributed by atoms with Crippen molar-refractivity contribution in [2.45, 2.75) is 45.6 Å². The molecule has 1 fully saturated rings. The Labute approximate surface area is 82.5 Å². The van der Waals surface area contributed by atoms with Crippen LogP contribution < -0.4 is 5.73 Å². The molecule has 2 N–H and O–H groups in total. The summed E-state index contributed by atoms with van der Waals surface area (Å²) in [7, 11) is 0. The maximum absolute atomic E-state index is 5.60. The van der Waals surface area contributed by atoms with E-state index >= 15 is 0 Å². The van der Waals surface area contributed by atoms with Crippen LogP contribution in [0.5, 0.6) is 0 Å². The zero-order valence-corrected chi connectivity index (χ0v) is 9.13. The van der Waals surface area contributed by atoms with Crippen molar-refractivity contribution >= 4 is 0 Å². The van der Waals surface area contributed by atoms with E-state index in [1.807, 2.05) is 0 Å². The van der Waals surface area contributed by atoms with Gasteiger partial charge >= 0.3 is 0 Å². The fourth-order valence-corrected chi connectivity index (χ4v) is 2.01. The normalized spacial score (nSPS) is 19.4. The smallest absolute Gasteiger partial charge is 0.0108 e. The molecule has 0 bridgehead atoms. The number of hydrogen-bond donors (Lipinski definition) is 1. The highest BCUT2D eigenvalue weighted by Gasteiger charge is 2.28. The first-order chi connectivity index (χ1) is 6.27. The average Bonchev–Trinajstić information content (AvgIpc) is 2.86. The predicted octanol–water partition coefficient (Wildman–Crippen LogP) is 1.85. The number of rotatable bonds is 7. The fraction of sp³-hybridized carbons (Fsp3) is 1.00. The first kappa shape index (κ1) is 11.0. The van der Waals surface area contributed by atoms with E-state index < -0.39 is 0 Å². The molecule has 78 valence electrons. The van der Waals surface area contributed by atoms with E-state index in [1.165, 1.54) is 32.2 Å². The summed E-state index contributed by atoms with van der Waals surface area (Å²) < 4.78 is 0. The van der Waals surface area contributed by atoms with Crippen LogP contribution in [0, 0.1) is 5.92 Å². The Morgan fingerprint density at radius 1 is 1.46 bits per heavy atom. The van der Waals surface area contributed by atoms with Crippen LogP contribution in [0.2, 0.25) is 0 Å². The van der Waals surface area contributed by atoms with Crippen molar-refractivity contribution in [2.75, 3.05) is 19.6 Å². The minimum atomic E-state index is 0.815. The second-order valence-electron chi connectivity index (χ2n) is 4.41. The van der Waals surface area contributed by atoms with Gasteiger partial charge in [-0.3, -0.25) is 4.90 Å². The van der Waals surface area contributed by atoms with E-state index in [9.17, 15) is 0 Å². The highest BCUT2D eigenvalue weighted by molar-refractivity contribution is 4.85. The lowest BCUT2D eigenvalue weighted by Crippen LogP contribution is -2.35. The van der Waals surface area contributed by atoms with Crippen LogP contribution in [-0.4, -0.2) is 30.6 Å². The molecule has 13 heavy (non-hydrogen) atoms. The molecule has 0 amide bonds. The molecule has 0 aliphatic heterocycles. The van der Waals surface area contributed by atoms with Crippen LogP contribution in [0.1, 0.15) is 39.5 Å². The van der Waals surface area contributed by atoms with Crippen molar-refractivity contribution in [1.29, 1.82) is 0 Å². The lowest BCUT2D eigenvalue weighted by atomic mass is 10.1. The predicted molar refractivity (Wildman–Crippen MR) is 57.7 cm³/mol. The van der Waals surface area contributed by atoms with E-state index in [2.05, 4.69) is 18.7 Å². The average molecular weight is 184 g/mol. The molecule has 2 nitrogen and oxygen atoms in total. The monoisotopic (exact) mass is 184 g/mol. The summed E-state index contributed by atoms with van der Waals surface area (Å²) in [5.74, 6) is 0.845. The van der Waals surface area contributed by atoms with E-state index in [0.29, 0.717) is 0 Å². The molecule has 0 heterocycles. The first-order valence-corrected chi connectivity index (χ1v) is 5.72. The molecule has 0 saturated heterocycles. The molecule has 1 unspecified atom stereocenters. The van der Waals surface area contributed by atoms with Gasteiger partial charge in [0.15, 0.2) is 0 Å². The molecular formula is C11H24N2. The van der Waals surface area contributed by atoms with Crippen molar-refractivity contribution in [3.05, 3.63) is 0 Å². The Hall–Kier alpha value is -0.0800. The molecular weight excluding hydrogens is 160 g/mol. The van der Waals surface area contributed by atoms with Gasteiger partial charge in [0.1, 0.15) is 0 Å². The Morgan fingerprint density at radius 2 is 2.15 bits per heavy atom. The van der Waals surface area contributed by atoms with E-state index in [0.717, 1.165) is 25.0 Å². The van der Waals surface area contributed by atoms with Crippen LogP contribution in [0.25, 0.3) is 0 Å². The molecule has 1 aliphatic rings. The largest absolute Gasteiger partial charge is 0.329 e. The molecule has 0 aromatic heterocycles. The molecule has 0 aromatic rings. The van der Waals surface area contributed by atoms with Gasteiger partial charge < -0.3 is 5.73 Å². The van der Waals surface area contributed by atoms with Crippen LogP contribution in [0.3, 0.4) is 0 Å². The van der Waals surface area contributed by atoms with Gasteiger partial charge in [-0.05, 0) is 25.2 Å². The van der Waals surface area contributed by atoms with Gasteiger partial charge in [-0.2, -0.15) is 0 Å². The zero-order valence-electron chi connectivity index (χ0n) is 9.13. The van der Waals surface area contributed by atoms with Gasteiger partial charge in [-0.25, -0.2) is 0 Å². The van der Waals surface area contributed by atoms with Crippen LogP contribution >= 0.6 is 0 Å². The van der Waals surface area contributed by atoms with Gasteiger partial charge in [-0.1, -0.05) is 20.3 Å². The SMILES string of the molecule is CCCC(C)CN(CCN)C1CC1. The molecule has 1 aliphatic carbocycles. The van der Waals surface area contributed by atoms with E-state index in [1.54, 1.807) is 0 Å². The fourth-order valence-electron chi connectivity index (χ4n) is 2.01. The molecule has 0 aromatic carbocycles. The van der Waals surface area contributed by atoms with Crippen molar-refractivity contribution in [2.24, 2.45) is 11.7 Å². The molecule has 1 saturated carbocycles. The Morgan fingerprint density at radius 3 is 2.62 bits per heavy atom. The molecule has 0 spiro atoms. The summed E-state index contributed by atoms with van der Waals surface area (Å²) in [5, 5.41) is 0. The van der Waals surface area contributed by atoms with Crippen molar-refractivity contribution in [1.82, 2.24) is 4.90 Å². The minimum Gasteiger partial charge on any atom is -0.329 e. The van der Waals surface area contributed by atoms with Gasteiger partial charge in [0, 0.05) is 25.7 Å². The molecule has 1 rings (SSSR count). The van der Waals surface area contributed by atoms with Crippen LogP contribution in [0.4, 0.5) is 0 Å². The summed E-state index contributed by atoms with van der Waals surface area (Å²) >= 11 is 0. The highest BCUT2D eigenvalue weighted by Crippen LogP contribution is 2.27. The third-order valence-electron chi connectivity index (χ3n) is 2.81. The third-order valence-corrected chi connectivity index (χ3v) is 2.81. The number of hydrogen-bond acceptors (Lipinski definition) is 2. The minimum absolute atomic E-state index is 0.815. The number of nitrogens with zero attached hydrogens (tertiary/aromatic N) is 1. The van der Waals surface area contributed by atoms with E-state index in [-0.39, 0.29) is 0 Å². The Kier molecular flexibility index (Phi) is 4.74. The summed E-state index contributed by atoms with van der Waals surface area (Å²) in [6, 6.07) is 0.878. The van der Waals surface area contributed by atoms with Crippen molar-refractivity contribution in [3.8, 4) is 0 Å². The maximum Gasteiger partial charge on any atom is 0.0108 e. The zero-order chi connectivity index (χ0) is 9.68. The van der Waals surface area contributed by atoms with Gasteiger partial charge in [0.05, 0.1) is 0 Å². The molecule has 2 heteroatoms. The third kappa shape index (κ3) is 4.10. The number of nitrogens with two attached hydrogens (primary N) is 1. The topological polar surface area (TPSA) is 29.3 Å². The summed E-state index contributed by atoms with van der Waals surface area (Å²) in [6.07, 6.45) is 5.47. The van der Waals surface area contributed by atoms with Crippen LogP contribution in [0.15, 0.2) is 0 Å². The summed E-state index contributed by atoms with van der Waals surface area (Å²) in [4.78, 5) is 2.58. The quantitative estimate of drug-likeness (QED) is 0.654. The van der Waals surface area contributed by atoms with Gasteiger partial charge in [0.25, 0.3) is 0 Å². The standard InChI is InChI=1S/C11H24N2/c1-3-4-10(2)9-13(8-7-12)11-5-6-11/h10-11H,3-9,12H2,1-2H3. The van der Waals surface area contributed by atoms with Crippen LogP contribution in [-0.2, 0) is 0 Å². The second kappa shape index (κ2) is 5.61. The molecule has 0 radical (unpaired) electrons. The van der Waals surface area contributed by atoms with Crippen molar-refractivity contribution < 1.29 is 0 Å². The second-order valence-corrected chi connectivity index (χ2v) is 4.41. The summed E-state index contributed by atoms with van der Waals surface area (Å²) in [5.41, 5.74) is 5.60. The first-order valence-electron chi connectivity index (χ1n) is 5.72. The van der Waals surface area contributed by atoms with Crippen molar-refractivity contribution in [3.63, 3.8) is 0 Å². The van der Waals surface area contributed by atoms with Gasteiger partial charge in [-0.15, -0.1) is 0 Å². The lowest BCUT2D eigenvalue weighted by Gasteiger charge is -2.24. The Balaban J connectivity index is 2.20. The van der Waals surface area contributed by atoms with E-state index in [4.69, 9.17) is 5.73 Å².